The molecule has 194 valence electrons. The van der Waals surface area contributed by atoms with Crippen LogP contribution in [0, 0.1) is 0 Å². The van der Waals surface area contributed by atoms with E-state index in [1.165, 1.54) is 47.2 Å². The second-order valence-electron chi connectivity index (χ2n) is 11.5. The fraction of sp³-hybridized carbons (Fsp3) is 0.243. The van der Waals surface area contributed by atoms with Crippen molar-refractivity contribution in [2.45, 2.75) is 58.3 Å². The van der Waals surface area contributed by atoms with Crippen LogP contribution >= 0.6 is 0 Å². The van der Waals surface area contributed by atoms with Gasteiger partial charge in [-0.1, -0.05) is 112 Å². The maximum absolute atomic E-state index is 12.9. The monoisotopic (exact) mass is 510 g/mol. The van der Waals surface area contributed by atoms with Crippen molar-refractivity contribution >= 4 is 33.1 Å². The third kappa shape index (κ3) is 4.29. The lowest BCUT2D eigenvalue weighted by molar-refractivity contribution is 0.0977. The number of carbonyl (C=O) groups excluding carboxylic acids is 2. The highest BCUT2D eigenvalue weighted by molar-refractivity contribution is 6.29. The van der Waals surface area contributed by atoms with Crippen molar-refractivity contribution in [1.29, 1.82) is 0 Å². The predicted molar refractivity (Wildman–Crippen MR) is 161 cm³/mol. The summed E-state index contributed by atoms with van der Waals surface area (Å²) in [5.74, 6) is -0.0775. The molecule has 0 aromatic heterocycles. The molecule has 39 heavy (non-hydrogen) atoms. The van der Waals surface area contributed by atoms with Gasteiger partial charge in [0.1, 0.15) is 0 Å². The Bertz CT molecular complexity index is 1760. The van der Waals surface area contributed by atoms with Crippen molar-refractivity contribution in [1.82, 2.24) is 0 Å². The van der Waals surface area contributed by atoms with Crippen molar-refractivity contribution in [3.05, 3.63) is 130 Å². The molecule has 0 atom stereocenters. The summed E-state index contributed by atoms with van der Waals surface area (Å²) in [5, 5.41) is 5.64. The van der Waals surface area contributed by atoms with Gasteiger partial charge in [0.2, 0.25) is 0 Å². The molecule has 0 radical (unpaired) electrons. The number of ketones is 2. The minimum absolute atomic E-state index is 0.0303. The van der Waals surface area contributed by atoms with Gasteiger partial charge in [-0.05, 0) is 75.8 Å². The Morgan fingerprint density at radius 1 is 0.615 bits per heavy atom. The SMILES string of the molecule is CCC(C)(C)c1cccc2c1C(=O)c1ccccc1C2=O.c1ccc2c(c1)ccc1c3c(ccc12)CCCC3. The van der Waals surface area contributed by atoms with E-state index in [0.29, 0.717) is 22.3 Å². The average molecular weight is 511 g/mol. The number of carbonyl (C=O) groups is 2. The van der Waals surface area contributed by atoms with E-state index in [0.717, 1.165) is 12.0 Å². The Labute approximate surface area is 230 Å². The number of rotatable bonds is 2. The molecule has 0 unspecified atom stereocenters. The molecule has 2 aliphatic carbocycles. The number of fused-ring (bicyclic) bond motifs is 7. The van der Waals surface area contributed by atoms with Gasteiger partial charge in [-0.15, -0.1) is 0 Å². The van der Waals surface area contributed by atoms with Crippen LogP contribution in [-0.4, -0.2) is 11.6 Å². The highest BCUT2D eigenvalue weighted by Crippen LogP contribution is 2.37. The first-order valence-corrected chi connectivity index (χ1v) is 14.1. The topological polar surface area (TPSA) is 34.1 Å². The number of hydrogen-bond acceptors (Lipinski definition) is 2. The molecule has 5 aromatic carbocycles. The second-order valence-corrected chi connectivity index (χ2v) is 11.5. The molecule has 7 rings (SSSR count). The summed E-state index contributed by atoms with van der Waals surface area (Å²) in [6, 6.07) is 30.7. The number of hydrogen-bond donors (Lipinski definition) is 0. The van der Waals surface area contributed by atoms with Crippen LogP contribution in [-0.2, 0) is 18.3 Å². The first kappa shape index (κ1) is 25.2. The van der Waals surface area contributed by atoms with Crippen molar-refractivity contribution in [2.75, 3.05) is 0 Å². The molecule has 0 N–H and O–H groups in total. The van der Waals surface area contributed by atoms with Gasteiger partial charge in [0, 0.05) is 22.3 Å². The Kier molecular flexibility index (Phi) is 6.43. The van der Waals surface area contributed by atoms with E-state index < -0.39 is 0 Å². The second kappa shape index (κ2) is 9.93. The van der Waals surface area contributed by atoms with Crippen molar-refractivity contribution in [3.8, 4) is 0 Å². The van der Waals surface area contributed by atoms with Gasteiger partial charge in [0.25, 0.3) is 0 Å². The Morgan fingerprint density at radius 3 is 2.08 bits per heavy atom. The predicted octanol–water partition coefficient (Wildman–Crippen LogP) is 9.02. The number of aryl methyl sites for hydroxylation is 2. The zero-order valence-corrected chi connectivity index (χ0v) is 23.0. The van der Waals surface area contributed by atoms with Crippen LogP contribution in [0.25, 0.3) is 21.5 Å². The third-order valence-corrected chi connectivity index (χ3v) is 8.82. The molecule has 5 aromatic rings. The van der Waals surface area contributed by atoms with E-state index >= 15 is 0 Å². The maximum Gasteiger partial charge on any atom is 0.194 e. The minimum Gasteiger partial charge on any atom is -0.289 e. The van der Waals surface area contributed by atoms with Gasteiger partial charge < -0.3 is 0 Å². The summed E-state index contributed by atoms with van der Waals surface area (Å²) in [6.45, 7) is 6.32. The smallest absolute Gasteiger partial charge is 0.194 e. The lowest BCUT2D eigenvalue weighted by atomic mass is 9.73. The molecule has 0 saturated carbocycles. The molecule has 0 fully saturated rings. The highest BCUT2D eigenvalue weighted by atomic mass is 16.1. The van der Waals surface area contributed by atoms with Crippen LogP contribution in [0.1, 0.15) is 88.6 Å². The van der Waals surface area contributed by atoms with E-state index in [-0.39, 0.29) is 17.0 Å². The standard InChI is InChI=1S/C19H18O2.C18H16/c1-4-19(2,3)15-11-7-10-14-16(15)18(21)13-9-6-5-8-12(13)17(14)20;1-3-7-15-13(5-1)9-11-18-16-8-4-2-6-14(16)10-12-17(15)18/h5-11H,4H2,1-3H3;1,3,5,7,9-12H,2,4,6,8H2. The quantitative estimate of drug-likeness (QED) is 0.218. The summed E-state index contributed by atoms with van der Waals surface area (Å²) in [7, 11) is 0. The van der Waals surface area contributed by atoms with Crippen LogP contribution in [0.4, 0.5) is 0 Å². The van der Waals surface area contributed by atoms with Gasteiger partial charge in [-0.25, -0.2) is 0 Å². The zero-order chi connectivity index (χ0) is 27.1. The van der Waals surface area contributed by atoms with E-state index in [9.17, 15) is 9.59 Å². The summed E-state index contributed by atoms with van der Waals surface area (Å²) in [6.07, 6.45) is 6.13. The van der Waals surface area contributed by atoms with Gasteiger partial charge in [0.05, 0.1) is 0 Å². The lowest BCUT2D eigenvalue weighted by Crippen LogP contribution is -2.27. The molecule has 0 amide bonds. The summed E-state index contributed by atoms with van der Waals surface area (Å²) >= 11 is 0. The highest BCUT2D eigenvalue weighted by Gasteiger charge is 2.34. The Balaban J connectivity index is 0.000000143. The van der Waals surface area contributed by atoms with Crippen LogP contribution in [0.15, 0.2) is 91.0 Å². The summed E-state index contributed by atoms with van der Waals surface area (Å²) < 4.78 is 0. The van der Waals surface area contributed by atoms with Gasteiger partial charge in [-0.2, -0.15) is 0 Å². The lowest BCUT2D eigenvalue weighted by Gasteiger charge is -2.29. The first-order chi connectivity index (χ1) is 18.9. The van der Waals surface area contributed by atoms with Crippen molar-refractivity contribution in [2.24, 2.45) is 0 Å². The van der Waals surface area contributed by atoms with Crippen molar-refractivity contribution in [3.63, 3.8) is 0 Å². The summed E-state index contributed by atoms with van der Waals surface area (Å²) in [5.41, 5.74) is 6.18. The molecule has 0 saturated heterocycles. The van der Waals surface area contributed by atoms with E-state index in [2.05, 4.69) is 69.3 Å². The molecule has 2 aliphatic rings. The zero-order valence-electron chi connectivity index (χ0n) is 23.0. The largest absolute Gasteiger partial charge is 0.289 e. The van der Waals surface area contributed by atoms with E-state index in [4.69, 9.17) is 0 Å². The normalized spacial score (nSPS) is 14.3. The van der Waals surface area contributed by atoms with Gasteiger partial charge in [0.15, 0.2) is 11.6 Å². The molecular formula is C37H34O2. The molecule has 2 nitrogen and oxygen atoms in total. The number of benzene rings is 5. The first-order valence-electron chi connectivity index (χ1n) is 14.1. The molecule has 0 heterocycles. The van der Waals surface area contributed by atoms with Crippen molar-refractivity contribution < 1.29 is 9.59 Å². The van der Waals surface area contributed by atoms with E-state index in [1.807, 2.05) is 18.2 Å². The Hall–Kier alpha value is -4.04. The van der Waals surface area contributed by atoms with Crippen LogP contribution < -0.4 is 0 Å². The van der Waals surface area contributed by atoms with Crippen LogP contribution in [0.2, 0.25) is 0 Å². The van der Waals surface area contributed by atoms with Crippen LogP contribution in [0.5, 0.6) is 0 Å². The maximum atomic E-state index is 12.9. The molecule has 0 spiro atoms. The molecule has 0 bridgehead atoms. The minimum atomic E-state index is -0.131. The average Bonchev–Trinajstić information content (AvgIpc) is 2.99. The molecule has 2 heteroatoms. The molecule has 0 aliphatic heterocycles. The third-order valence-electron chi connectivity index (χ3n) is 8.82. The van der Waals surface area contributed by atoms with Gasteiger partial charge >= 0.3 is 0 Å². The Morgan fingerprint density at radius 2 is 1.28 bits per heavy atom. The van der Waals surface area contributed by atoms with Crippen LogP contribution in [0.3, 0.4) is 0 Å². The van der Waals surface area contributed by atoms with Gasteiger partial charge in [-0.3, -0.25) is 9.59 Å². The van der Waals surface area contributed by atoms with E-state index in [1.54, 1.807) is 35.4 Å². The summed E-state index contributed by atoms with van der Waals surface area (Å²) in [4.78, 5) is 25.6. The fourth-order valence-electron chi connectivity index (χ4n) is 6.24. The fourth-order valence-corrected chi connectivity index (χ4v) is 6.24. The molecular weight excluding hydrogens is 476 g/mol.